The van der Waals surface area contributed by atoms with Gasteiger partial charge in [-0.1, -0.05) is 28.7 Å². The molecule has 2 fully saturated rings. The van der Waals surface area contributed by atoms with E-state index in [-0.39, 0.29) is 18.5 Å². The Hall–Kier alpha value is 0.350. The first-order chi connectivity index (χ1) is 7.07. The largest absolute Gasteiger partial charge is 0.342 e. The molecule has 0 spiro atoms. The molecule has 15 heavy (non-hydrogen) atoms. The van der Waals surface area contributed by atoms with Gasteiger partial charge in [0.05, 0.1) is 6.10 Å². The first kappa shape index (κ1) is 11.8. The van der Waals surface area contributed by atoms with Crippen LogP contribution >= 0.6 is 22.6 Å². The molecule has 0 saturated carbocycles. The Morgan fingerprint density at radius 2 is 2.13 bits per heavy atom. The molecule has 3 nitrogen and oxygen atoms in total. The molecule has 2 aliphatic rings. The highest BCUT2D eigenvalue weighted by Gasteiger charge is 2.53. The number of ether oxygens (including phenoxy) is 3. The smallest absolute Gasteiger partial charge is 0.188 e. The van der Waals surface area contributed by atoms with Crippen LogP contribution in [0.1, 0.15) is 20.3 Å². The van der Waals surface area contributed by atoms with Crippen LogP contribution in [0, 0.1) is 5.92 Å². The minimum absolute atomic E-state index is 0.0674. The molecular weight excluding hydrogens is 307 g/mol. The molecule has 0 bridgehead atoms. The number of hydrogen-bond donors (Lipinski definition) is 0. The highest BCUT2D eigenvalue weighted by molar-refractivity contribution is 14.1. The van der Waals surface area contributed by atoms with Crippen molar-refractivity contribution in [1.29, 1.82) is 0 Å². The molecule has 4 atom stereocenters. The van der Waals surface area contributed by atoms with Gasteiger partial charge in [-0.25, -0.2) is 0 Å². The number of alkyl halides is 1. The van der Waals surface area contributed by atoms with Gasteiger partial charge in [-0.05, 0) is 24.7 Å². The summed E-state index contributed by atoms with van der Waals surface area (Å²) in [5, 5.41) is 0. The second kappa shape index (κ2) is 4.31. The van der Waals surface area contributed by atoms with Gasteiger partial charge in [-0.15, -0.1) is 6.58 Å². The lowest BCUT2D eigenvalue weighted by atomic mass is 9.96. The highest BCUT2D eigenvalue weighted by Crippen LogP contribution is 2.42. The molecule has 4 heteroatoms. The van der Waals surface area contributed by atoms with Crippen LogP contribution in [0.2, 0.25) is 0 Å². The maximum absolute atomic E-state index is 5.87. The van der Waals surface area contributed by atoms with Crippen LogP contribution in [-0.2, 0) is 14.2 Å². The second-order valence-electron chi connectivity index (χ2n) is 4.45. The number of rotatable bonds is 3. The van der Waals surface area contributed by atoms with Gasteiger partial charge in [0, 0.05) is 5.92 Å². The molecule has 0 aromatic rings. The zero-order chi connectivity index (χ0) is 11.1. The Morgan fingerprint density at radius 1 is 1.40 bits per heavy atom. The molecule has 0 aliphatic carbocycles. The van der Waals surface area contributed by atoms with Crippen LogP contribution in [0.4, 0.5) is 0 Å². The lowest BCUT2D eigenvalue weighted by Gasteiger charge is -2.23. The normalized spacial score (nSPS) is 42.9. The quantitative estimate of drug-likeness (QED) is 0.454. The average molecular weight is 324 g/mol. The third kappa shape index (κ3) is 2.23. The lowest BCUT2D eigenvalue weighted by molar-refractivity contribution is -0.204. The Morgan fingerprint density at radius 3 is 2.73 bits per heavy atom. The molecular formula is C11H17IO3. The van der Waals surface area contributed by atoms with E-state index in [2.05, 4.69) is 29.2 Å². The number of halogens is 1. The third-order valence-corrected chi connectivity index (χ3v) is 3.52. The Balaban J connectivity index is 2.10. The third-order valence-electron chi connectivity index (χ3n) is 2.90. The van der Waals surface area contributed by atoms with E-state index in [1.165, 1.54) is 0 Å². The van der Waals surface area contributed by atoms with E-state index in [1.807, 2.05) is 19.9 Å². The van der Waals surface area contributed by atoms with Crippen LogP contribution < -0.4 is 0 Å². The number of hydrogen-bond acceptors (Lipinski definition) is 3. The summed E-state index contributed by atoms with van der Waals surface area (Å²) in [5.74, 6) is -0.128. The van der Waals surface area contributed by atoms with Crippen molar-refractivity contribution in [3.05, 3.63) is 12.7 Å². The molecule has 2 heterocycles. The van der Waals surface area contributed by atoms with Gasteiger partial charge >= 0.3 is 0 Å². The van der Waals surface area contributed by atoms with Gasteiger partial charge in [0.2, 0.25) is 0 Å². The van der Waals surface area contributed by atoms with Crippen LogP contribution in [0.25, 0.3) is 0 Å². The predicted octanol–water partition coefficient (Wildman–Crippen LogP) is 2.49. The van der Waals surface area contributed by atoms with Crippen LogP contribution in [0.3, 0.4) is 0 Å². The minimum Gasteiger partial charge on any atom is -0.342 e. The van der Waals surface area contributed by atoms with E-state index in [0.717, 1.165) is 10.8 Å². The van der Waals surface area contributed by atoms with E-state index in [1.54, 1.807) is 0 Å². The Labute approximate surface area is 104 Å². The second-order valence-corrected chi connectivity index (χ2v) is 5.53. The maximum Gasteiger partial charge on any atom is 0.188 e. The van der Waals surface area contributed by atoms with Crippen LogP contribution in [0.5, 0.6) is 0 Å². The van der Waals surface area contributed by atoms with Crippen molar-refractivity contribution >= 4 is 22.6 Å². The summed E-state index contributed by atoms with van der Waals surface area (Å²) in [6, 6.07) is 0. The minimum atomic E-state index is -0.509. The molecule has 0 N–H and O–H groups in total. The molecule has 0 radical (unpaired) electrons. The van der Waals surface area contributed by atoms with Gasteiger partial charge in [-0.2, -0.15) is 0 Å². The van der Waals surface area contributed by atoms with Crippen molar-refractivity contribution in [2.45, 2.75) is 44.6 Å². The molecule has 0 amide bonds. The highest BCUT2D eigenvalue weighted by atomic mass is 127. The van der Waals surface area contributed by atoms with E-state index < -0.39 is 5.79 Å². The SMILES string of the molecule is C=C[C@H]1O[C@@H]2OC(C)(C)O[C@@H]2[C@@H]1CCI. The zero-order valence-corrected chi connectivity index (χ0v) is 11.3. The fourth-order valence-corrected chi connectivity index (χ4v) is 3.00. The number of fused-ring (bicyclic) bond motifs is 1. The summed E-state index contributed by atoms with van der Waals surface area (Å²) in [5.41, 5.74) is 0. The van der Waals surface area contributed by atoms with E-state index in [9.17, 15) is 0 Å². The monoisotopic (exact) mass is 324 g/mol. The van der Waals surface area contributed by atoms with Crippen molar-refractivity contribution in [3.8, 4) is 0 Å². The van der Waals surface area contributed by atoms with E-state index in [4.69, 9.17) is 14.2 Å². The Bertz CT molecular complexity index is 254. The molecule has 2 aliphatic heterocycles. The van der Waals surface area contributed by atoms with Crippen LogP contribution in [0.15, 0.2) is 12.7 Å². The summed E-state index contributed by atoms with van der Waals surface area (Å²) < 4.78 is 18.4. The standard InChI is InChI=1S/C11H17IO3/c1-4-8-7(5-6-12)9-10(13-8)15-11(2,3)14-9/h4,7-10H,1,5-6H2,2-3H3/t7-,8-,9-,10-/m1/s1. The fraction of sp³-hybridized carbons (Fsp3) is 0.818. The predicted molar refractivity (Wildman–Crippen MR) is 65.9 cm³/mol. The lowest BCUT2D eigenvalue weighted by Crippen LogP contribution is -2.29. The summed E-state index contributed by atoms with van der Waals surface area (Å²) in [4.78, 5) is 0. The van der Waals surface area contributed by atoms with Crippen molar-refractivity contribution in [3.63, 3.8) is 0 Å². The average Bonchev–Trinajstić information content (AvgIpc) is 2.60. The van der Waals surface area contributed by atoms with E-state index >= 15 is 0 Å². The van der Waals surface area contributed by atoms with Gasteiger partial charge < -0.3 is 14.2 Å². The molecule has 0 aromatic heterocycles. The Kier molecular flexibility index (Phi) is 3.40. The van der Waals surface area contributed by atoms with Crippen molar-refractivity contribution in [2.24, 2.45) is 5.92 Å². The topological polar surface area (TPSA) is 27.7 Å². The molecule has 2 saturated heterocycles. The molecule has 0 aromatic carbocycles. The first-order valence-corrected chi connectivity index (χ1v) is 6.79. The molecule has 0 unspecified atom stereocenters. The van der Waals surface area contributed by atoms with Crippen LogP contribution in [-0.4, -0.2) is 28.7 Å². The van der Waals surface area contributed by atoms with E-state index in [0.29, 0.717) is 5.92 Å². The van der Waals surface area contributed by atoms with Gasteiger partial charge in [0.15, 0.2) is 12.1 Å². The summed E-state index contributed by atoms with van der Waals surface area (Å²) >= 11 is 2.38. The summed E-state index contributed by atoms with van der Waals surface area (Å²) in [6.45, 7) is 7.66. The van der Waals surface area contributed by atoms with Gasteiger partial charge in [0.1, 0.15) is 6.10 Å². The van der Waals surface area contributed by atoms with Crippen molar-refractivity contribution in [1.82, 2.24) is 0 Å². The first-order valence-electron chi connectivity index (χ1n) is 5.27. The van der Waals surface area contributed by atoms with Crippen molar-refractivity contribution < 1.29 is 14.2 Å². The summed E-state index contributed by atoms with van der Waals surface area (Å²) in [7, 11) is 0. The molecule has 2 rings (SSSR count). The van der Waals surface area contributed by atoms with Gasteiger partial charge in [0.25, 0.3) is 0 Å². The molecule has 86 valence electrons. The van der Waals surface area contributed by atoms with Crippen molar-refractivity contribution in [2.75, 3.05) is 4.43 Å². The zero-order valence-electron chi connectivity index (χ0n) is 9.11. The maximum atomic E-state index is 5.87. The summed E-state index contributed by atoms with van der Waals surface area (Å²) in [6.07, 6.45) is 2.87. The fourth-order valence-electron chi connectivity index (χ4n) is 2.28. The van der Waals surface area contributed by atoms with Gasteiger partial charge in [-0.3, -0.25) is 0 Å².